The standard InChI is InChI=1S/C11H15NOS/c1-9(2)11(13)12-14(3)10-7-5-4-6-8-10/h4-9H,1-3H3. The molecule has 0 spiro atoms. The van der Waals surface area contributed by atoms with E-state index in [1.165, 1.54) is 0 Å². The van der Waals surface area contributed by atoms with Gasteiger partial charge in [0.25, 0.3) is 5.91 Å². The molecule has 1 atom stereocenters. The molecule has 1 rings (SSSR count). The smallest absolute Gasteiger partial charge is 0.254 e. The van der Waals surface area contributed by atoms with Gasteiger partial charge in [0, 0.05) is 10.8 Å². The third kappa shape index (κ3) is 3.07. The van der Waals surface area contributed by atoms with Crippen molar-refractivity contribution in [1.82, 2.24) is 0 Å². The molecule has 76 valence electrons. The van der Waals surface area contributed by atoms with Crippen LogP contribution in [0, 0.1) is 5.92 Å². The second-order valence-electron chi connectivity index (χ2n) is 3.38. The normalized spacial score (nSPS) is 13.1. The van der Waals surface area contributed by atoms with Crippen LogP contribution in [0.2, 0.25) is 0 Å². The lowest BCUT2D eigenvalue weighted by molar-refractivity contribution is -0.120. The summed E-state index contributed by atoms with van der Waals surface area (Å²) < 4.78 is 4.14. The molecule has 14 heavy (non-hydrogen) atoms. The van der Waals surface area contributed by atoms with Crippen molar-refractivity contribution in [3.05, 3.63) is 30.3 Å². The van der Waals surface area contributed by atoms with Crippen molar-refractivity contribution < 1.29 is 4.79 Å². The van der Waals surface area contributed by atoms with E-state index in [-0.39, 0.29) is 22.5 Å². The molecule has 0 bridgehead atoms. The molecular formula is C11H15NOS. The number of carbonyl (C=O) groups excluding carboxylic acids is 1. The van der Waals surface area contributed by atoms with E-state index in [2.05, 4.69) is 4.36 Å². The summed E-state index contributed by atoms with van der Waals surface area (Å²) in [6.07, 6.45) is 1.97. The van der Waals surface area contributed by atoms with E-state index in [4.69, 9.17) is 0 Å². The Morgan fingerprint density at radius 3 is 2.36 bits per heavy atom. The molecule has 0 aliphatic heterocycles. The average Bonchev–Trinajstić information content (AvgIpc) is 2.19. The highest BCUT2D eigenvalue weighted by molar-refractivity contribution is 7.86. The molecule has 0 radical (unpaired) electrons. The third-order valence-electron chi connectivity index (χ3n) is 1.81. The minimum Gasteiger partial charge on any atom is -0.272 e. The van der Waals surface area contributed by atoms with Gasteiger partial charge in [-0.1, -0.05) is 42.7 Å². The number of benzene rings is 1. The first-order valence-electron chi connectivity index (χ1n) is 4.58. The molecule has 0 aliphatic rings. The number of hydrogen-bond donors (Lipinski definition) is 0. The molecule has 3 heteroatoms. The van der Waals surface area contributed by atoms with Gasteiger partial charge < -0.3 is 0 Å². The van der Waals surface area contributed by atoms with Crippen molar-refractivity contribution in [2.24, 2.45) is 10.3 Å². The molecule has 2 nitrogen and oxygen atoms in total. The summed E-state index contributed by atoms with van der Waals surface area (Å²) in [4.78, 5) is 12.5. The van der Waals surface area contributed by atoms with E-state index in [1.54, 1.807) is 0 Å². The summed E-state index contributed by atoms with van der Waals surface area (Å²) in [5.74, 6) is -0.0200. The number of nitrogens with zero attached hydrogens (tertiary/aromatic N) is 1. The van der Waals surface area contributed by atoms with Crippen LogP contribution >= 0.6 is 0 Å². The molecule has 1 amide bonds. The van der Waals surface area contributed by atoms with Crippen molar-refractivity contribution in [2.45, 2.75) is 18.7 Å². The molecule has 0 heterocycles. The maximum atomic E-state index is 11.4. The number of amides is 1. The Kier molecular flexibility index (Phi) is 4.01. The van der Waals surface area contributed by atoms with E-state index >= 15 is 0 Å². The van der Waals surface area contributed by atoms with Gasteiger partial charge in [0.1, 0.15) is 0 Å². The maximum absolute atomic E-state index is 11.4. The SMILES string of the molecule is CC(C)C(=O)N=S(C)c1ccccc1. The summed E-state index contributed by atoms with van der Waals surface area (Å²) in [5.41, 5.74) is 0. The van der Waals surface area contributed by atoms with Gasteiger partial charge >= 0.3 is 0 Å². The van der Waals surface area contributed by atoms with E-state index in [0.29, 0.717) is 0 Å². The molecule has 0 saturated carbocycles. The summed E-state index contributed by atoms with van der Waals surface area (Å²) in [7, 11) is -0.309. The molecule has 1 aromatic rings. The van der Waals surface area contributed by atoms with Crippen LogP contribution in [0.15, 0.2) is 39.6 Å². The van der Waals surface area contributed by atoms with Crippen molar-refractivity contribution in [2.75, 3.05) is 6.26 Å². The number of carbonyl (C=O) groups is 1. The Labute approximate surface area is 87.4 Å². The van der Waals surface area contributed by atoms with Crippen molar-refractivity contribution >= 4 is 16.6 Å². The lowest BCUT2D eigenvalue weighted by Gasteiger charge is -2.02. The van der Waals surface area contributed by atoms with Crippen LogP contribution in [-0.4, -0.2) is 12.2 Å². The zero-order valence-electron chi connectivity index (χ0n) is 8.73. The van der Waals surface area contributed by atoms with Gasteiger partial charge in [-0.25, -0.2) is 0 Å². The monoisotopic (exact) mass is 209 g/mol. The number of rotatable bonds is 2. The second-order valence-corrected chi connectivity index (χ2v) is 4.99. The Hall–Kier alpha value is -0.960. The predicted octanol–water partition coefficient (Wildman–Crippen LogP) is 2.66. The van der Waals surface area contributed by atoms with Crippen LogP contribution in [0.5, 0.6) is 0 Å². The first-order chi connectivity index (χ1) is 6.61. The van der Waals surface area contributed by atoms with E-state index < -0.39 is 0 Å². The van der Waals surface area contributed by atoms with Crippen LogP contribution in [0.1, 0.15) is 13.8 Å². The zero-order chi connectivity index (χ0) is 10.6. The van der Waals surface area contributed by atoms with Gasteiger partial charge in [-0.15, -0.1) is 0 Å². The van der Waals surface area contributed by atoms with Crippen LogP contribution < -0.4 is 0 Å². The van der Waals surface area contributed by atoms with E-state index in [1.807, 2.05) is 50.4 Å². The summed E-state index contributed by atoms with van der Waals surface area (Å²) >= 11 is 0. The number of hydrogen-bond acceptors (Lipinski definition) is 1. The van der Waals surface area contributed by atoms with Crippen LogP contribution in [-0.2, 0) is 15.5 Å². The molecule has 1 aromatic carbocycles. The molecular weight excluding hydrogens is 194 g/mol. The summed E-state index contributed by atoms with van der Waals surface area (Å²) in [6, 6.07) is 9.90. The van der Waals surface area contributed by atoms with Crippen molar-refractivity contribution in [3.63, 3.8) is 0 Å². The maximum Gasteiger partial charge on any atom is 0.254 e. The van der Waals surface area contributed by atoms with Gasteiger partial charge in [0.2, 0.25) is 0 Å². The Morgan fingerprint density at radius 1 is 1.29 bits per heavy atom. The zero-order valence-corrected chi connectivity index (χ0v) is 9.54. The minimum absolute atomic E-state index is 0.00587. The van der Waals surface area contributed by atoms with Gasteiger partial charge in [-0.05, 0) is 18.4 Å². The Morgan fingerprint density at radius 2 is 1.86 bits per heavy atom. The van der Waals surface area contributed by atoms with Crippen molar-refractivity contribution in [3.8, 4) is 0 Å². The van der Waals surface area contributed by atoms with Gasteiger partial charge in [-0.2, -0.15) is 4.36 Å². The quantitative estimate of drug-likeness (QED) is 0.736. The fourth-order valence-corrected chi connectivity index (χ4v) is 2.05. The molecule has 0 N–H and O–H groups in total. The largest absolute Gasteiger partial charge is 0.272 e. The lowest BCUT2D eigenvalue weighted by Crippen LogP contribution is -2.04. The molecule has 0 aromatic heterocycles. The first-order valence-corrected chi connectivity index (χ1v) is 6.17. The highest BCUT2D eigenvalue weighted by atomic mass is 32.2. The van der Waals surface area contributed by atoms with Crippen LogP contribution in [0.25, 0.3) is 0 Å². The second kappa shape index (κ2) is 5.05. The summed E-state index contributed by atoms with van der Waals surface area (Å²) in [6.45, 7) is 3.74. The predicted molar refractivity (Wildman–Crippen MR) is 60.3 cm³/mol. The van der Waals surface area contributed by atoms with Gasteiger partial charge in [0.05, 0.1) is 0 Å². The van der Waals surface area contributed by atoms with Crippen molar-refractivity contribution in [1.29, 1.82) is 0 Å². The lowest BCUT2D eigenvalue weighted by atomic mass is 10.2. The molecule has 0 fully saturated rings. The Balaban J connectivity index is 2.85. The third-order valence-corrected chi connectivity index (χ3v) is 3.21. The minimum atomic E-state index is -0.309. The highest BCUT2D eigenvalue weighted by Gasteiger charge is 2.05. The average molecular weight is 209 g/mol. The Bertz CT molecular complexity index is 344. The molecule has 0 aliphatic carbocycles. The van der Waals surface area contributed by atoms with Gasteiger partial charge in [-0.3, -0.25) is 4.79 Å². The van der Waals surface area contributed by atoms with Crippen LogP contribution in [0.3, 0.4) is 0 Å². The summed E-state index contributed by atoms with van der Waals surface area (Å²) in [5, 5.41) is 0. The van der Waals surface area contributed by atoms with Gasteiger partial charge in [0.15, 0.2) is 0 Å². The van der Waals surface area contributed by atoms with E-state index in [9.17, 15) is 4.79 Å². The molecule has 0 saturated heterocycles. The van der Waals surface area contributed by atoms with Crippen LogP contribution in [0.4, 0.5) is 0 Å². The first kappa shape index (κ1) is 11.1. The van der Waals surface area contributed by atoms with E-state index in [0.717, 1.165) is 4.90 Å². The fourth-order valence-electron chi connectivity index (χ4n) is 0.911. The molecule has 1 unspecified atom stereocenters. The highest BCUT2D eigenvalue weighted by Crippen LogP contribution is 2.07. The fraction of sp³-hybridized carbons (Fsp3) is 0.364. The topological polar surface area (TPSA) is 29.4 Å².